The summed E-state index contributed by atoms with van der Waals surface area (Å²) in [5.41, 5.74) is 4.16. The lowest BCUT2D eigenvalue weighted by molar-refractivity contribution is -0.119. The van der Waals surface area contributed by atoms with Gasteiger partial charge >= 0.3 is 0 Å². The lowest BCUT2D eigenvalue weighted by Gasteiger charge is -2.21. The summed E-state index contributed by atoms with van der Waals surface area (Å²) >= 11 is 0. The monoisotopic (exact) mass is 431 g/mol. The summed E-state index contributed by atoms with van der Waals surface area (Å²) in [6.07, 6.45) is 1.94. The highest BCUT2D eigenvalue weighted by Crippen LogP contribution is 2.36. The van der Waals surface area contributed by atoms with Gasteiger partial charge in [0.05, 0.1) is 38.8 Å². The van der Waals surface area contributed by atoms with Crippen molar-refractivity contribution in [1.82, 2.24) is 14.7 Å². The van der Waals surface area contributed by atoms with Gasteiger partial charge in [0.1, 0.15) is 11.4 Å². The second-order valence-electron chi connectivity index (χ2n) is 7.25. The Bertz CT molecular complexity index is 1250. The van der Waals surface area contributed by atoms with E-state index in [1.807, 2.05) is 71.3 Å². The fourth-order valence-corrected chi connectivity index (χ4v) is 3.80. The van der Waals surface area contributed by atoms with Crippen molar-refractivity contribution in [2.24, 2.45) is 0 Å². The summed E-state index contributed by atoms with van der Waals surface area (Å²) in [6.45, 7) is 1.50. The third-order valence-electron chi connectivity index (χ3n) is 5.29. The number of hydrogen-bond acceptors (Lipinski definition) is 5. The minimum Gasteiger partial charge on any atom is -0.497 e. The first-order chi connectivity index (χ1) is 15.5. The van der Waals surface area contributed by atoms with Crippen molar-refractivity contribution in [3.8, 4) is 28.5 Å². The maximum Gasteiger partial charge on any atom is 0.217 e. The van der Waals surface area contributed by atoms with E-state index < -0.39 is 6.04 Å². The van der Waals surface area contributed by atoms with E-state index in [1.165, 1.54) is 6.92 Å². The number of methoxy groups -OCH3 is 3. The molecule has 0 aliphatic heterocycles. The average molecular weight is 431 g/mol. The highest BCUT2D eigenvalue weighted by molar-refractivity contribution is 5.76. The molecule has 0 spiro atoms. The summed E-state index contributed by atoms with van der Waals surface area (Å²) in [7, 11) is 4.82. The molecule has 1 amide bonds. The van der Waals surface area contributed by atoms with E-state index in [4.69, 9.17) is 19.2 Å². The maximum atomic E-state index is 12.3. The molecule has 1 N–H and O–H groups in total. The molecular formula is C25H25N3O4. The first-order valence-corrected chi connectivity index (χ1v) is 10.2. The molecule has 0 saturated carbocycles. The van der Waals surface area contributed by atoms with E-state index in [2.05, 4.69) is 5.32 Å². The van der Waals surface area contributed by atoms with E-state index in [0.29, 0.717) is 11.5 Å². The molecule has 4 aromatic rings. The van der Waals surface area contributed by atoms with Crippen LogP contribution in [-0.4, -0.2) is 36.6 Å². The SMILES string of the molecule is COc1ccc(-c2nc3ccccn3c2C(NC(C)=O)c2ccc(OC)c(OC)c2)cc1. The first-order valence-electron chi connectivity index (χ1n) is 10.2. The predicted molar refractivity (Wildman–Crippen MR) is 122 cm³/mol. The zero-order valence-corrected chi connectivity index (χ0v) is 18.5. The van der Waals surface area contributed by atoms with Crippen molar-refractivity contribution in [3.63, 3.8) is 0 Å². The third kappa shape index (κ3) is 3.97. The van der Waals surface area contributed by atoms with Gasteiger partial charge in [-0.2, -0.15) is 0 Å². The quantitative estimate of drug-likeness (QED) is 0.474. The molecule has 1 atom stereocenters. The zero-order valence-electron chi connectivity index (χ0n) is 18.5. The van der Waals surface area contributed by atoms with Crippen molar-refractivity contribution in [1.29, 1.82) is 0 Å². The van der Waals surface area contributed by atoms with E-state index in [1.54, 1.807) is 21.3 Å². The Morgan fingerprint density at radius 3 is 2.34 bits per heavy atom. The number of imidazole rings is 1. The van der Waals surface area contributed by atoms with Crippen LogP contribution in [0.2, 0.25) is 0 Å². The minimum absolute atomic E-state index is 0.156. The Labute approximate surface area is 186 Å². The molecule has 0 bridgehead atoms. The smallest absolute Gasteiger partial charge is 0.217 e. The summed E-state index contributed by atoms with van der Waals surface area (Å²) in [4.78, 5) is 17.1. The topological polar surface area (TPSA) is 74.1 Å². The molecule has 0 saturated heterocycles. The number of aromatic nitrogens is 2. The van der Waals surface area contributed by atoms with Crippen LogP contribution < -0.4 is 19.5 Å². The highest BCUT2D eigenvalue weighted by atomic mass is 16.5. The molecule has 0 aliphatic carbocycles. The second kappa shape index (κ2) is 9.01. The molecule has 2 aromatic heterocycles. The van der Waals surface area contributed by atoms with Crippen LogP contribution in [0, 0.1) is 0 Å². The second-order valence-corrected chi connectivity index (χ2v) is 7.25. The summed E-state index contributed by atoms with van der Waals surface area (Å²) in [6, 6.07) is 18.7. The van der Waals surface area contributed by atoms with Crippen molar-refractivity contribution in [2.45, 2.75) is 13.0 Å². The molecule has 32 heavy (non-hydrogen) atoms. The molecule has 7 nitrogen and oxygen atoms in total. The van der Waals surface area contributed by atoms with Gasteiger partial charge < -0.3 is 23.9 Å². The van der Waals surface area contributed by atoms with Crippen molar-refractivity contribution in [3.05, 3.63) is 78.1 Å². The third-order valence-corrected chi connectivity index (χ3v) is 5.29. The summed E-state index contributed by atoms with van der Waals surface area (Å²) in [5, 5.41) is 3.09. The number of hydrogen-bond donors (Lipinski definition) is 1. The fourth-order valence-electron chi connectivity index (χ4n) is 3.80. The van der Waals surface area contributed by atoms with Gasteiger partial charge in [-0.25, -0.2) is 4.98 Å². The molecule has 164 valence electrons. The van der Waals surface area contributed by atoms with Gasteiger partial charge in [-0.1, -0.05) is 12.1 Å². The van der Waals surface area contributed by atoms with Crippen LogP contribution in [0.15, 0.2) is 66.9 Å². The largest absolute Gasteiger partial charge is 0.497 e. The number of rotatable bonds is 7. The Balaban J connectivity index is 1.95. The summed E-state index contributed by atoms with van der Waals surface area (Å²) < 4.78 is 18.2. The van der Waals surface area contributed by atoms with E-state index >= 15 is 0 Å². The fraction of sp³-hybridized carbons (Fsp3) is 0.200. The van der Waals surface area contributed by atoms with Crippen LogP contribution in [0.4, 0.5) is 0 Å². The Morgan fingerprint density at radius 1 is 0.938 bits per heavy atom. The normalized spacial score (nSPS) is 11.8. The highest BCUT2D eigenvalue weighted by Gasteiger charge is 2.26. The van der Waals surface area contributed by atoms with Gasteiger partial charge in [0.15, 0.2) is 11.5 Å². The molecule has 0 radical (unpaired) electrons. The number of amides is 1. The zero-order chi connectivity index (χ0) is 22.7. The van der Waals surface area contributed by atoms with Gasteiger partial charge in [-0.05, 0) is 54.1 Å². The molecule has 4 rings (SSSR count). The number of nitrogens with zero attached hydrogens (tertiary/aromatic N) is 2. The molecule has 0 aliphatic rings. The number of fused-ring (bicyclic) bond motifs is 1. The van der Waals surface area contributed by atoms with Gasteiger partial charge in [0.25, 0.3) is 0 Å². The van der Waals surface area contributed by atoms with Crippen molar-refractivity contribution < 1.29 is 19.0 Å². The number of benzene rings is 2. The number of carbonyl (C=O) groups excluding carboxylic acids is 1. The summed E-state index contributed by atoms with van der Waals surface area (Å²) in [5.74, 6) is 1.81. The Morgan fingerprint density at radius 2 is 1.69 bits per heavy atom. The molecule has 1 unspecified atom stereocenters. The molecular weight excluding hydrogens is 406 g/mol. The van der Waals surface area contributed by atoms with E-state index in [-0.39, 0.29) is 5.91 Å². The molecule has 7 heteroatoms. The Hall–Kier alpha value is -4.00. The molecule has 2 aromatic carbocycles. The van der Waals surface area contributed by atoms with Gasteiger partial charge in [-0.3, -0.25) is 4.79 Å². The number of ether oxygens (including phenoxy) is 3. The molecule has 2 heterocycles. The number of pyridine rings is 1. The first kappa shape index (κ1) is 21.2. The maximum absolute atomic E-state index is 12.3. The van der Waals surface area contributed by atoms with Gasteiger partial charge in [0, 0.05) is 18.7 Å². The average Bonchev–Trinajstić information content (AvgIpc) is 3.21. The predicted octanol–water partition coefficient (Wildman–Crippen LogP) is 4.25. The lowest BCUT2D eigenvalue weighted by atomic mass is 9.98. The number of nitrogens with one attached hydrogen (secondary N) is 1. The standard InChI is InChI=1S/C25H25N3O4/c1-16(29)26-24(18-10-13-20(31-3)21(15-18)32-4)25-23(17-8-11-19(30-2)12-9-17)27-22-7-5-6-14-28(22)25/h5-15,24H,1-4H3,(H,26,29). The van der Waals surface area contributed by atoms with Gasteiger partial charge in [-0.15, -0.1) is 0 Å². The lowest BCUT2D eigenvalue weighted by Crippen LogP contribution is -2.28. The van der Waals surface area contributed by atoms with Gasteiger partial charge in [0.2, 0.25) is 5.91 Å². The van der Waals surface area contributed by atoms with E-state index in [9.17, 15) is 4.79 Å². The van der Waals surface area contributed by atoms with E-state index in [0.717, 1.165) is 33.9 Å². The Kier molecular flexibility index (Phi) is 5.98. The minimum atomic E-state index is -0.471. The number of carbonyl (C=O) groups is 1. The van der Waals surface area contributed by atoms with Crippen molar-refractivity contribution in [2.75, 3.05) is 21.3 Å². The van der Waals surface area contributed by atoms with Crippen LogP contribution in [0.5, 0.6) is 17.2 Å². The van der Waals surface area contributed by atoms with Crippen LogP contribution >= 0.6 is 0 Å². The van der Waals surface area contributed by atoms with Crippen LogP contribution in [0.25, 0.3) is 16.9 Å². The van der Waals surface area contributed by atoms with Crippen LogP contribution in [0.1, 0.15) is 24.2 Å². The van der Waals surface area contributed by atoms with Crippen molar-refractivity contribution >= 4 is 11.6 Å². The van der Waals surface area contributed by atoms with Crippen LogP contribution in [-0.2, 0) is 4.79 Å². The molecule has 0 fully saturated rings. The van der Waals surface area contributed by atoms with Crippen LogP contribution in [0.3, 0.4) is 0 Å².